The second kappa shape index (κ2) is 5.13. The van der Waals surface area contributed by atoms with Gasteiger partial charge in [0.25, 0.3) is 0 Å². The summed E-state index contributed by atoms with van der Waals surface area (Å²) in [6.07, 6.45) is 3.15. The molecule has 1 aromatic carbocycles. The highest BCUT2D eigenvalue weighted by atomic mass is 79.9. The van der Waals surface area contributed by atoms with E-state index >= 15 is 0 Å². The molecule has 0 aromatic heterocycles. The Morgan fingerprint density at radius 3 is 2.95 bits per heavy atom. The molecule has 4 nitrogen and oxygen atoms in total. The average Bonchev–Trinajstić information content (AvgIpc) is 3.10. The van der Waals surface area contributed by atoms with Crippen LogP contribution < -0.4 is 4.74 Å². The van der Waals surface area contributed by atoms with Crippen molar-refractivity contribution >= 4 is 21.9 Å². The maximum Gasteiger partial charge on any atom is 0.317 e. The highest BCUT2D eigenvalue weighted by Gasteiger charge is 2.34. The maximum atomic E-state index is 10.9. The molecular weight excluding hydrogens is 310 g/mol. The van der Waals surface area contributed by atoms with Gasteiger partial charge >= 0.3 is 5.97 Å². The van der Waals surface area contributed by atoms with Gasteiger partial charge in [-0.15, -0.1) is 0 Å². The highest BCUT2D eigenvalue weighted by Crippen LogP contribution is 2.33. The fraction of sp³-hybridized carbons (Fsp3) is 0.500. The number of benzene rings is 1. The van der Waals surface area contributed by atoms with Crippen LogP contribution in [0.2, 0.25) is 0 Å². The Balaban J connectivity index is 1.64. The van der Waals surface area contributed by atoms with E-state index in [9.17, 15) is 4.79 Å². The van der Waals surface area contributed by atoms with Gasteiger partial charge in [-0.1, -0.05) is 15.9 Å². The lowest BCUT2D eigenvalue weighted by molar-refractivity contribution is -0.138. The smallest absolute Gasteiger partial charge is 0.317 e. The van der Waals surface area contributed by atoms with E-state index in [0.717, 1.165) is 29.5 Å². The van der Waals surface area contributed by atoms with Crippen molar-refractivity contribution in [2.45, 2.75) is 31.4 Å². The number of carboxylic acids is 1. The molecule has 3 rings (SSSR count). The van der Waals surface area contributed by atoms with Crippen LogP contribution in [0.1, 0.15) is 18.4 Å². The molecule has 0 bridgehead atoms. The summed E-state index contributed by atoms with van der Waals surface area (Å²) in [6.45, 7) is 0.813. The lowest BCUT2D eigenvalue weighted by atomic mass is 10.1. The quantitative estimate of drug-likeness (QED) is 0.902. The van der Waals surface area contributed by atoms with Crippen molar-refractivity contribution < 1.29 is 14.6 Å². The Bertz CT molecular complexity index is 501. The molecule has 1 N–H and O–H groups in total. The SMILES string of the molecule is O=C(O)CN(CC1Cc2cc(Br)ccc2O1)C1CC1. The van der Waals surface area contributed by atoms with Crippen LogP contribution in [0.25, 0.3) is 0 Å². The number of halogens is 1. The summed E-state index contributed by atoms with van der Waals surface area (Å²) in [6, 6.07) is 6.46. The minimum absolute atomic E-state index is 0.0734. The van der Waals surface area contributed by atoms with Crippen LogP contribution >= 0.6 is 15.9 Å². The first-order chi connectivity index (χ1) is 9.11. The third-order valence-corrected chi connectivity index (χ3v) is 4.10. The number of hydrogen-bond acceptors (Lipinski definition) is 3. The Morgan fingerprint density at radius 2 is 2.26 bits per heavy atom. The van der Waals surface area contributed by atoms with Gasteiger partial charge in [-0.05, 0) is 36.6 Å². The summed E-state index contributed by atoms with van der Waals surface area (Å²) < 4.78 is 6.95. The molecule has 102 valence electrons. The number of carbonyl (C=O) groups is 1. The van der Waals surface area contributed by atoms with Gasteiger partial charge in [-0.25, -0.2) is 0 Å². The maximum absolute atomic E-state index is 10.9. The monoisotopic (exact) mass is 325 g/mol. The minimum atomic E-state index is -0.759. The molecular formula is C14H16BrNO3. The standard InChI is InChI=1S/C14H16BrNO3/c15-10-1-4-13-9(5-10)6-12(19-13)7-16(8-14(17)18)11-2-3-11/h1,4-5,11-12H,2-3,6-8H2,(H,17,18). The fourth-order valence-electron chi connectivity index (χ4n) is 2.61. The largest absolute Gasteiger partial charge is 0.488 e. The van der Waals surface area contributed by atoms with E-state index < -0.39 is 5.97 Å². The van der Waals surface area contributed by atoms with Crippen molar-refractivity contribution in [3.63, 3.8) is 0 Å². The lowest BCUT2D eigenvalue weighted by Crippen LogP contribution is -2.39. The molecule has 0 amide bonds. The summed E-state index contributed by atoms with van der Waals surface area (Å²) in [7, 11) is 0. The number of rotatable bonds is 5. The third-order valence-electron chi connectivity index (χ3n) is 3.60. The van der Waals surface area contributed by atoms with Crippen LogP contribution in [-0.2, 0) is 11.2 Å². The number of carboxylic acid groups (broad SMARTS) is 1. The number of ether oxygens (including phenoxy) is 1. The summed E-state index contributed by atoms with van der Waals surface area (Å²) >= 11 is 3.46. The summed E-state index contributed by atoms with van der Waals surface area (Å²) in [4.78, 5) is 12.9. The van der Waals surface area contributed by atoms with Crippen molar-refractivity contribution in [2.24, 2.45) is 0 Å². The molecule has 1 atom stereocenters. The molecule has 2 aliphatic rings. The van der Waals surface area contributed by atoms with Crippen LogP contribution in [0.15, 0.2) is 22.7 Å². The highest BCUT2D eigenvalue weighted by molar-refractivity contribution is 9.10. The van der Waals surface area contributed by atoms with E-state index in [1.165, 1.54) is 5.56 Å². The van der Waals surface area contributed by atoms with Crippen molar-refractivity contribution in [1.29, 1.82) is 0 Å². The third kappa shape index (κ3) is 3.09. The van der Waals surface area contributed by atoms with Gasteiger partial charge in [-0.2, -0.15) is 0 Å². The van der Waals surface area contributed by atoms with Crippen molar-refractivity contribution in [1.82, 2.24) is 4.90 Å². The molecule has 0 spiro atoms. The molecule has 1 aliphatic carbocycles. The van der Waals surface area contributed by atoms with Crippen molar-refractivity contribution in [3.8, 4) is 5.75 Å². The van der Waals surface area contributed by atoms with Gasteiger partial charge in [0.15, 0.2) is 0 Å². The molecule has 1 heterocycles. The Hall–Kier alpha value is -1.07. The molecule has 0 radical (unpaired) electrons. The van der Waals surface area contributed by atoms with E-state index in [-0.39, 0.29) is 12.6 Å². The molecule has 1 aromatic rings. The summed E-state index contributed by atoms with van der Waals surface area (Å²) in [5.41, 5.74) is 1.20. The van der Waals surface area contributed by atoms with E-state index in [0.29, 0.717) is 12.6 Å². The predicted molar refractivity (Wildman–Crippen MR) is 74.5 cm³/mol. The van der Waals surface area contributed by atoms with Crippen LogP contribution in [0.5, 0.6) is 5.75 Å². The average molecular weight is 326 g/mol. The summed E-state index contributed by atoms with van der Waals surface area (Å²) in [5.74, 6) is 0.171. The second-order valence-electron chi connectivity index (χ2n) is 5.25. The molecule has 1 unspecified atom stereocenters. The number of nitrogens with zero attached hydrogens (tertiary/aromatic N) is 1. The summed E-state index contributed by atoms with van der Waals surface area (Å²) in [5, 5.41) is 8.96. The van der Waals surface area contributed by atoms with Crippen LogP contribution in [0.3, 0.4) is 0 Å². The van der Waals surface area contributed by atoms with Gasteiger partial charge in [0, 0.05) is 23.5 Å². The molecule has 0 saturated heterocycles. The molecule has 1 fully saturated rings. The topological polar surface area (TPSA) is 49.8 Å². The van der Waals surface area contributed by atoms with Crippen LogP contribution in [0, 0.1) is 0 Å². The van der Waals surface area contributed by atoms with Crippen molar-refractivity contribution in [2.75, 3.05) is 13.1 Å². The van der Waals surface area contributed by atoms with Gasteiger partial charge < -0.3 is 9.84 Å². The zero-order chi connectivity index (χ0) is 13.4. The van der Waals surface area contributed by atoms with Gasteiger partial charge in [0.05, 0.1) is 6.54 Å². The Labute approximate surface area is 120 Å². The van der Waals surface area contributed by atoms with Crippen LogP contribution in [-0.4, -0.2) is 41.2 Å². The number of hydrogen-bond donors (Lipinski definition) is 1. The predicted octanol–water partition coefficient (Wildman–Crippen LogP) is 2.30. The first-order valence-corrected chi connectivity index (χ1v) is 7.32. The first kappa shape index (κ1) is 12.9. The van der Waals surface area contributed by atoms with E-state index in [1.807, 2.05) is 17.0 Å². The van der Waals surface area contributed by atoms with E-state index in [2.05, 4.69) is 22.0 Å². The minimum Gasteiger partial charge on any atom is -0.488 e. The van der Waals surface area contributed by atoms with Gasteiger partial charge in [-0.3, -0.25) is 9.69 Å². The second-order valence-corrected chi connectivity index (χ2v) is 6.17. The Morgan fingerprint density at radius 1 is 1.47 bits per heavy atom. The molecule has 1 saturated carbocycles. The normalized spacial score (nSPS) is 21.3. The number of fused-ring (bicyclic) bond motifs is 1. The molecule has 19 heavy (non-hydrogen) atoms. The van der Waals surface area contributed by atoms with Gasteiger partial charge in [0.2, 0.25) is 0 Å². The van der Waals surface area contributed by atoms with E-state index in [1.54, 1.807) is 0 Å². The van der Waals surface area contributed by atoms with Crippen LogP contribution in [0.4, 0.5) is 0 Å². The molecule has 5 heteroatoms. The fourth-order valence-corrected chi connectivity index (χ4v) is 3.02. The lowest BCUT2D eigenvalue weighted by Gasteiger charge is -2.23. The zero-order valence-corrected chi connectivity index (χ0v) is 12.1. The zero-order valence-electron chi connectivity index (χ0n) is 10.5. The molecule has 1 aliphatic heterocycles. The van der Waals surface area contributed by atoms with Gasteiger partial charge in [0.1, 0.15) is 11.9 Å². The number of aliphatic carboxylic acids is 1. The van der Waals surface area contributed by atoms with E-state index in [4.69, 9.17) is 9.84 Å². The van der Waals surface area contributed by atoms with Crippen molar-refractivity contribution in [3.05, 3.63) is 28.2 Å². The first-order valence-electron chi connectivity index (χ1n) is 6.53. The Kier molecular flexibility index (Phi) is 3.50.